The number of nitrogens with one attached hydrogen (secondary N) is 1. The third-order valence-electron chi connectivity index (χ3n) is 4.30. The van der Waals surface area contributed by atoms with Gasteiger partial charge in [0.05, 0.1) is 6.10 Å². The lowest BCUT2D eigenvalue weighted by molar-refractivity contribution is 0.113. The maximum Gasteiger partial charge on any atom is 0.169 e. The average Bonchev–Trinajstić information content (AvgIpc) is 3.16. The number of halogens is 2. The van der Waals surface area contributed by atoms with Gasteiger partial charge in [0.2, 0.25) is 0 Å². The molecule has 1 aliphatic heterocycles. The lowest BCUT2D eigenvalue weighted by Crippen LogP contribution is -2.42. The van der Waals surface area contributed by atoms with Crippen LogP contribution < -0.4 is 5.32 Å². The maximum absolute atomic E-state index is 14.2. The molecule has 1 aliphatic rings. The van der Waals surface area contributed by atoms with E-state index >= 15 is 0 Å². The molecule has 0 saturated carbocycles. The van der Waals surface area contributed by atoms with E-state index in [1.54, 1.807) is 24.5 Å². The van der Waals surface area contributed by atoms with Gasteiger partial charge in [0.25, 0.3) is 0 Å². The first-order chi connectivity index (χ1) is 12.6. The molecule has 1 aromatic carbocycles. The highest BCUT2D eigenvalue weighted by Gasteiger charge is 2.19. The van der Waals surface area contributed by atoms with Crippen molar-refractivity contribution in [1.82, 2.24) is 15.2 Å². The summed E-state index contributed by atoms with van der Waals surface area (Å²) in [6, 6.07) is 8.52. The van der Waals surface area contributed by atoms with E-state index in [-0.39, 0.29) is 18.5 Å². The molecule has 0 amide bonds. The molecular weight excluding hydrogens is 373 g/mol. The van der Waals surface area contributed by atoms with Gasteiger partial charge in [0.1, 0.15) is 5.82 Å². The van der Waals surface area contributed by atoms with Crippen molar-refractivity contribution in [2.45, 2.75) is 32.0 Å². The zero-order valence-electron chi connectivity index (χ0n) is 14.3. The molecule has 3 rings (SSSR count). The molecule has 1 atom stereocenters. The second-order valence-corrected chi connectivity index (χ2v) is 7.03. The van der Waals surface area contributed by atoms with Gasteiger partial charge < -0.3 is 15.0 Å². The van der Waals surface area contributed by atoms with E-state index in [0.29, 0.717) is 28.8 Å². The summed E-state index contributed by atoms with van der Waals surface area (Å²) in [4.78, 5) is 6.03. The predicted molar refractivity (Wildman–Crippen MR) is 104 cm³/mol. The van der Waals surface area contributed by atoms with Gasteiger partial charge >= 0.3 is 0 Å². The summed E-state index contributed by atoms with van der Waals surface area (Å²) >= 11 is 11.8. The molecule has 0 bridgehead atoms. The number of benzene rings is 1. The molecule has 0 aliphatic carbocycles. The van der Waals surface area contributed by atoms with Gasteiger partial charge in [0, 0.05) is 49.2 Å². The summed E-state index contributed by atoms with van der Waals surface area (Å²) < 4.78 is 19.9. The molecule has 4 nitrogen and oxygen atoms in total. The van der Waals surface area contributed by atoms with Crippen molar-refractivity contribution in [3.63, 3.8) is 0 Å². The minimum Gasteiger partial charge on any atom is -0.376 e. The number of ether oxygens (including phenoxy) is 1. The summed E-state index contributed by atoms with van der Waals surface area (Å²) in [5.41, 5.74) is 1.42. The van der Waals surface area contributed by atoms with Crippen molar-refractivity contribution >= 4 is 28.9 Å². The van der Waals surface area contributed by atoms with E-state index in [9.17, 15) is 4.39 Å². The van der Waals surface area contributed by atoms with E-state index in [4.69, 9.17) is 28.6 Å². The third kappa shape index (κ3) is 5.13. The van der Waals surface area contributed by atoms with Crippen molar-refractivity contribution in [1.29, 1.82) is 0 Å². The van der Waals surface area contributed by atoms with Crippen molar-refractivity contribution in [3.8, 4) is 0 Å². The van der Waals surface area contributed by atoms with Gasteiger partial charge in [-0.25, -0.2) is 4.39 Å². The largest absolute Gasteiger partial charge is 0.376 e. The quantitative estimate of drug-likeness (QED) is 0.752. The molecule has 0 unspecified atom stereocenters. The van der Waals surface area contributed by atoms with Crippen LogP contribution in [0.5, 0.6) is 0 Å². The standard InChI is InChI=1S/C19H21ClFN3OS/c20-17-6-1-7-18(21)16(17)13-24(12-14-4-2-8-22-10-14)19(26)23-11-15-5-3-9-25-15/h1-2,4,6-8,10,15H,3,5,9,11-13H2,(H,23,26)/t15-/m1/s1. The van der Waals surface area contributed by atoms with E-state index in [2.05, 4.69) is 10.3 Å². The highest BCUT2D eigenvalue weighted by molar-refractivity contribution is 7.80. The van der Waals surface area contributed by atoms with Crippen molar-refractivity contribution in [3.05, 3.63) is 64.7 Å². The van der Waals surface area contributed by atoms with Crippen LogP contribution in [0.25, 0.3) is 0 Å². The fourth-order valence-electron chi connectivity index (χ4n) is 2.90. The fourth-order valence-corrected chi connectivity index (χ4v) is 3.34. The second kappa shape index (κ2) is 9.26. The van der Waals surface area contributed by atoms with Crippen LogP contribution in [-0.2, 0) is 17.8 Å². The Morgan fingerprint density at radius 3 is 2.92 bits per heavy atom. The Kier molecular flexibility index (Phi) is 6.77. The SMILES string of the molecule is Fc1cccc(Cl)c1CN(Cc1cccnc1)C(=S)NC[C@H]1CCCO1. The molecule has 0 radical (unpaired) electrons. The summed E-state index contributed by atoms with van der Waals surface area (Å²) in [7, 11) is 0. The summed E-state index contributed by atoms with van der Waals surface area (Å²) in [5, 5.41) is 4.19. The smallest absolute Gasteiger partial charge is 0.169 e. The van der Waals surface area contributed by atoms with Crippen LogP contribution in [0.1, 0.15) is 24.0 Å². The summed E-state index contributed by atoms with van der Waals surface area (Å²) in [6.45, 7) is 2.23. The predicted octanol–water partition coefficient (Wildman–Crippen LogP) is 3.93. The van der Waals surface area contributed by atoms with Gasteiger partial charge in [0.15, 0.2) is 5.11 Å². The fraction of sp³-hybridized carbons (Fsp3) is 0.368. The zero-order chi connectivity index (χ0) is 18.4. The molecular formula is C19H21ClFN3OS. The monoisotopic (exact) mass is 393 g/mol. The molecule has 1 saturated heterocycles. The molecule has 2 aromatic rings. The van der Waals surface area contributed by atoms with Gasteiger partial charge in [-0.3, -0.25) is 4.98 Å². The van der Waals surface area contributed by atoms with Crippen LogP contribution in [0.2, 0.25) is 5.02 Å². The second-order valence-electron chi connectivity index (χ2n) is 6.24. The molecule has 1 N–H and O–H groups in total. The molecule has 2 heterocycles. The lowest BCUT2D eigenvalue weighted by Gasteiger charge is -2.27. The van der Waals surface area contributed by atoms with Crippen molar-refractivity contribution < 1.29 is 9.13 Å². The topological polar surface area (TPSA) is 37.4 Å². The Labute approximate surface area is 163 Å². The average molecular weight is 394 g/mol. The van der Waals surface area contributed by atoms with E-state index in [0.717, 1.165) is 25.0 Å². The van der Waals surface area contributed by atoms with E-state index in [1.165, 1.54) is 6.07 Å². The van der Waals surface area contributed by atoms with Crippen molar-refractivity contribution in [2.75, 3.05) is 13.2 Å². The third-order valence-corrected chi connectivity index (χ3v) is 5.06. The van der Waals surface area contributed by atoms with Gasteiger partial charge in [-0.1, -0.05) is 23.7 Å². The Morgan fingerprint density at radius 1 is 1.35 bits per heavy atom. The summed E-state index contributed by atoms with van der Waals surface area (Å²) in [5.74, 6) is -0.337. The Balaban J connectivity index is 1.73. The van der Waals surface area contributed by atoms with Gasteiger partial charge in [-0.2, -0.15) is 0 Å². The number of nitrogens with zero attached hydrogens (tertiary/aromatic N) is 2. The number of pyridine rings is 1. The first-order valence-electron chi connectivity index (χ1n) is 8.59. The Bertz CT molecular complexity index is 721. The lowest BCUT2D eigenvalue weighted by atomic mass is 10.2. The molecule has 26 heavy (non-hydrogen) atoms. The number of rotatable bonds is 6. The minimum absolute atomic E-state index is 0.172. The zero-order valence-corrected chi connectivity index (χ0v) is 15.9. The first-order valence-corrected chi connectivity index (χ1v) is 9.38. The number of hydrogen-bond acceptors (Lipinski definition) is 3. The van der Waals surface area contributed by atoms with Crippen molar-refractivity contribution in [2.24, 2.45) is 0 Å². The van der Waals surface area contributed by atoms with Crippen LogP contribution >= 0.6 is 23.8 Å². The van der Waals surface area contributed by atoms with Gasteiger partial charge in [-0.05, 0) is 48.8 Å². The molecule has 1 aromatic heterocycles. The maximum atomic E-state index is 14.2. The van der Waals surface area contributed by atoms with Crippen LogP contribution in [0.3, 0.4) is 0 Å². The first kappa shape index (κ1) is 19.0. The van der Waals surface area contributed by atoms with Crippen LogP contribution in [0, 0.1) is 5.82 Å². The Morgan fingerprint density at radius 2 is 2.23 bits per heavy atom. The van der Waals surface area contributed by atoms with E-state index < -0.39 is 0 Å². The number of thiocarbonyl (C=S) groups is 1. The normalized spacial score (nSPS) is 16.5. The van der Waals surface area contributed by atoms with Crippen LogP contribution in [0.15, 0.2) is 42.7 Å². The Hall–Kier alpha value is -1.76. The molecule has 7 heteroatoms. The molecule has 0 spiro atoms. The van der Waals surface area contributed by atoms with Crippen LogP contribution in [-0.4, -0.2) is 34.3 Å². The summed E-state index contributed by atoms with van der Waals surface area (Å²) in [6.07, 6.45) is 5.76. The molecule has 1 fully saturated rings. The van der Waals surface area contributed by atoms with Crippen LogP contribution in [0.4, 0.5) is 4.39 Å². The van der Waals surface area contributed by atoms with E-state index in [1.807, 2.05) is 17.0 Å². The number of hydrogen-bond donors (Lipinski definition) is 1. The highest BCUT2D eigenvalue weighted by Crippen LogP contribution is 2.22. The number of aromatic nitrogens is 1. The minimum atomic E-state index is -0.337. The molecule has 138 valence electrons. The van der Waals surface area contributed by atoms with Gasteiger partial charge in [-0.15, -0.1) is 0 Å². The highest BCUT2D eigenvalue weighted by atomic mass is 35.5.